The average molecular weight is 334 g/mol. The van der Waals surface area contributed by atoms with Gasteiger partial charge < -0.3 is 10.1 Å². The van der Waals surface area contributed by atoms with Gasteiger partial charge in [-0.1, -0.05) is 18.2 Å². The molecule has 0 saturated heterocycles. The number of hydrogen-bond donors (Lipinski definition) is 3. The largest absolute Gasteiger partial charge is 0.465 e. The second-order valence-corrected chi connectivity index (χ2v) is 5.52. The molecule has 0 atom stereocenters. The van der Waals surface area contributed by atoms with Gasteiger partial charge in [-0.25, -0.2) is 10.3 Å². The standard InChI is InChI=1S/C15H14N2O5S/c1-22-15(20)10-5-3-2-4-9(10)8-16-13(18)11-6-7-12(23-11)14(19)17-21/h2-7,21H,8H2,1H3,(H,16,18)(H,17,19). The molecule has 1 aromatic heterocycles. The van der Waals surface area contributed by atoms with Gasteiger partial charge in [0.15, 0.2) is 0 Å². The van der Waals surface area contributed by atoms with Crippen molar-refractivity contribution in [3.63, 3.8) is 0 Å². The molecule has 8 heteroatoms. The number of amides is 2. The molecule has 0 fully saturated rings. The fraction of sp³-hybridized carbons (Fsp3) is 0.133. The number of carbonyl (C=O) groups excluding carboxylic acids is 3. The van der Waals surface area contributed by atoms with E-state index in [0.29, 0.717) is 16.0 Å². The molecule has 0 radical (unpaired) electrons. The Hall–Kier alpha value is -2.71. The van der Waals surface area contributed by atoms with Gasteiger partial charge in [0.05, 0.1) is 22.4 Å². The predicted molar refractivity (Wildman–Crippen MR) is 82.5 cm³/mol. The van der Waals surface area contributed by atoms with Crippen LogP contribution in [0.15, 0.2) is 36.4 Å². The van der Waals surface area contributed by atoms with Crippen LogP contribution in [0.1, 0.15) is 35.3 Å². The number of ether oxygens (including phenoxy) is 1. The predicted octanol–water partition coefficient (Wildman–Crippen LogP) is 1.58. The van der Waals surface area contributed by atoms with E-state index in [1.54, 1.807) is 24.3 Å². The van der Waals surface area contributed by atoms with Crippen molar-refractivity contribution in [2.75, 3.05) is 7.11 Å². The highest BCUT2D eigenvalue weighted by atomic mass is 32.1. The summed E-state index contributed by atoms with van der Waals surface area (Å²) in [7, 11) is 1.29. The van der Waals surface area contributed by atoms with Crippen molar-refractivity contribution in [1.82, 2.24) is 10.8 Å². The lowest BCUT2D eigenvalue weighted by Gasteiger charge is -2.08. The van der Waals surface area contributed by atoms with Gasteiger partial charge in [-0.15, -0.1) is 11.3 Å². The number of hydrogen-bond acceptors (Lipinski definition) is 6. The zero-order chi connectivity index (χ0) is 16.8. The third-order valence-corrected chi connectivity index (χ3v) is 4.10. The van der Waals surface area contributed by atoms with E-state index in [2.05, 4.69) is 5.32 Å². The van der Waals surface area contributed by atoms with Crippen molar-refractivity contribution in [2.24, 2.45) is 0 Å². The molecule has 23 heavy (non-hydrogen) atoms. The van der Waals surface area contributed by atoms with Crippen LogP contribution in [0, 0.1) is 0 Å². The van der Waals surface area contributed by atoms with Gasteiger partial charge in [0.1, 0.15) is 0 Å². The topological polar surface area (TPSA) is 105 Å². The Kier molecular flexibility index (Phi) is 5.45. The number of methoxy groups -OCH3 is 1. The minimum Gasteiger partial charge on any atom is -0.465 e. The summed E-state index contributed by atoms with van der Waals surface area (Å²) >= 11 is 0.948. The van der Waals surface area contributed by atoms with E-state index >= 15 is 0 Å². The molecule has 0 spiro atoms. The molecule has 0 aliphatic heterocycles. The fourth-order valence-electron chi connectivity index (χ4n) is 1.88. The van der Waals surface area contributed by atoms with Crippen LogP contribution in [-0.4, -0.2) is 30.1 Å². The van der Waals surface area contributed by atoms with Crippen LogP contribution in [0.2, 0.25) is 0 Å². The molecule has 1 heterocycles. The molecule has 1 aromatic carbocycles. The van der Waals surface area contributed by atoms with E-state index in [4.69, 9.17) is 9.94 Å². The van der Waals surface area contributed by atoms with Gasteiger partial charge in [0.2, 0.25) is 0 Å². The van der Waals surface area contributed by atoms with Crippen molar-refractivity contribution in [1.29, 1.82) is 0 Å². The summed E-state index contributed by atoms with van der Waals surface area (Å²) in [6, 6.07) is 9.71. The first-order chi connectivity index (χ1) is 11.1. The summed E-state index contributed by atoms with van der Waals surface area (Å²) in [4.78, 5) is 35.5. The first-order valence-corrected chi connectivity index (χ1v) is 7.37. The van der Waals surface area contributed by atoms with Crippen molar-refractivity contribution < 1.29 is 24.3 Å². The normalized spacial score (nSPS) is 10.0. The highest BCUT2D eigenvalue weighted by Crippen LogP contribution is 2.17. The van der Waals surface area contributed by atoms with Crippen molar-refractivity contribution >= 4 is 29.1 Å². The summed E-state index contributed by atoms with van der Waals surface area (Å²) in [5.74, 6) is -1.54. The minimum absolute atomic E-state index is 0.142. The molecule has 0 saturated carbocycles. The first-order valence-electron chi connectivity index (χ1n) is 6.55. The number of nitrogens with one attached hydrogen (secondary N) is 2. The fourth-order valence-corrected chi connectivity index (χ4v) is 2.70. The first kappa shape index (κ1) is 16.7. The number of carbonyl (C=O) groups is 3. The smallest absolute Gasteiger partial charge is 0.338 e. The lowest BCUT2D eigenvalue weighted by Crippen LogP contribution is -2.23. The Balaban J connectivity index is 2.06. The van der Waals surface area contributed by atoms with Crippen molar-refractivity contribution in [3.05, 3.63) is 57.3 Å². The van der Waals surface area contributed by atoms with E-state index in [-0.39, 0.29) is 17.3 Å². The Morgan fingerprint density at radius 2 is 1.74 bits per heavy atom. The van der Waals surface area contributed by atoms with Gasteiger partial charge >= 0.3 is 5.97 Å². The number of esters is 1. The van der Waals surface area contributed by atoms with Crippen LogP contribution >= 0.6 is 11.3 Å². The van der Waals surface area contributed by atoms with E-state index in [1.165, 1.54) is 24.7 Å². The lowest BCUT2D eigenvalue weighted by molar-refractivity contribution is 0.0598. The molecule has 2 rings (SSSR count). The highest BCUT2D eigenvalue weighted by Gasteiger charge is 2.15. The summed E-state index contributed by atoms with van der Waals surface area (Å²) in [5.41, 5.74) is 2.51. The van der Waals surface area contributed by atoms with Crippen molar-refractivity contribution in [3.8, 4) is 0 Å². The van der Waals surface area contributed by atoms with Crippen LogP contribution in [-0.2, 0) is 11.3 Å². The summed E-state index contributed by atoms with van der Waals surface area (Å²) in [6.45, 7) is 0.142. The minimum atomic E-state index is -0.676. The Labute approximate surface area is 135 Å². The van der Waals surface area contributed by atoms with Gasteiger partial charge in [0, 0.05) is 6.54 Å². The molecular formula is C15H14N2O5S. The lowest BCUT2D eigenvalue weighted by atomic mass is 10.1. The number of rotatable bonds is 5. The molecule has 0 aliphatic carbocycles. The van der Waals surface area contributed by atoms with E-state index in [0.717, 1.165) is 11.3 Å². The van der Waals surface area contributed by atoms with Crippen LogP contribution < -0.4 is 10.8 Å². The molecule has 0 bridgehead atoms. The summed E-state index contributed by atoms with van der Waals surface area (Å²) in [5, 5.41) is 11.2. The third-order valence-electron chi connectivity index (χ3n) is 3.02. The molecule has 120 valence electrons. The number of benzene rings is 1. The molecule has 2 aromatic rings. The molecule has 3 N–H and O–H groups in total. The molecule has 7 nitrogen and oxygen atoms in total. The maximum atomic E-state index is 12.1. The summed E-state index contributed by atoms with van der Waals surface area (Å²) in [6.07, 6.45) is 0. The molecule has 0 unspecified atom stereocenters. The SMILES string of the molecule is COC(=O)c1ccccc1CNC(=O)c1ccc(C(=O)NO)s1. The average Bonchev–Trinajstić information content (AvgIpc) is 3.08. The maximum Gasteiger partial charge on any atom is 0.338 e. The highest BCUT2D eigenvalue weighted by molar-refractivity contribution is 7.15. The second-order valence-electron chi connectivity index (χ2n) is 4.44. The molecular weight excluding hydrogens is 320 g/mol. The van der Waals surface area contributed by atoms with Crippen LogP contribution in [0.4, 0.5) is 0 Å². The zero-order valence-electron chi connectivity index (χ0n) is 12.2. The second kappa shape index (κ2) is 7.52. The van der Waals surface area contributed by atoms with E-state index < -0.39 is 11.9 Å². The molecule has 0 aliphatic rings. The number of thiophene rings is 1. The maximum absolute atomic E-state index is 12.1. The van der Waals surface area contributed by atoms with Crippen LogP contribution in [0.3, 0.4) is 0 Å². The van der Waals surface area contributed by atoms with Crippen molar-refractivity contribution in [2.45, 2.75) is 6.54 Å². The Morgan fingerprint density at radius 1 is 1.09 bits per heavy atom. The quantitative estimate of drug-likeness (QED) is 0.437. The van der Waals surface area contributed by atoms with Crippen LogP contribution in [0.5, 0.6) is 0 Å². The van der Waals surface area contributed by atoms with Gasteiger partial charge in [-0.05, 0) is 23.8 Å². The zero-order valence-corrected chi connectivity index (χ0v) is 13.0. The summed E-state index contributed by atoms with van der Waals surface area (Å²) < 4.78 is 4.69. The molecule has 2 amide bonds. The van der Waals surface area contributed by atoms with Gasteiger partial charge in [-0.3, -0.25) is 14.8 Å². The monoisotopic (exact) mass is 334 g/mol. The van der Waals surface area contributed by atoms with E-state index in [1.807, 2.05) is 0 Å². The van der Waals surface area contributed by atoms with Gasteiger partial charge in [0.25, 0.3) is 11.8 Å². The van der Waals surface area contributed by atoms with Gasteiger partial charge in [-0.2, -0.15) is 0 Å². The van der Waals surface area contributed by atoms with Crippen LogP contribution in [0.25, 0.3) is 0 Å². The third kappa shape index (κ3) is 3.93. The Bertz CT molecular complexity index is 741. The Morgan fingerprint density at radius 3 is 2.39 bits per heavy atom. The van der Waals surface area contributed by atoms with E-state index in [9.17, 15) is 14.4 Å². The number of hydroxylamine groups is 1.